The van der Waals surface area contributed by atoms with Crippen molar-refractivity contribution in [2.24, 2.45) is 0 Å². The molecule has 10 nitrogen and oxygen atoms in total. The number of hydrogen-bond acceptors (Lipinski definition) is 9. The molecule has 0 saturated carbocycles. The van der Waals surface area contributed by atoms with Gasteiger partial charge in [-0.15, -0.1) is 0 Å². The predicted octanol–water partition coefficient (Wildman–Crippen LogP) is 9.84. The standard InChI is InChI=1S/C15H10N2O2.C14H11N3.C13H13O3P/c18-15(19)12-9-13(10-5-2-1-3-6-10)17-14-11(12)7-4-8-16-14;15-12-9-13(10-5-2-1-3-6-10)17-14-11(12)7-4-8-16-14;1-17(14,15-12-8-4-2-5-9-12)16-13-10-6-3-7-11-13/h1-9H,(H,18,19);1-9H,(H2,15,16,17);2-11H,1H3. The summed E-state index contributed by atoms with van der Waals surface area (Å²) in [7, 11) is -3.14. The van der Waals surface area contributed by atoms with Crippen LogP contribution >= 0.6 is 7.60 Å². The Kier molecular flexibility index (Phi) is 11.4. The lowest BCUT2D eigenvalue weighted by molar-refractivity contribution is 0.0699. The Bertz CT molecular complexity index is 2450. The number of carbonyl (C=O) groups is 1. The van der Waals surface area contributed by atoms with Gasteiger partial charge in [0.1, 0.15) is 11.5 Å². The third-order valence-electron chi connectivity index (χ3n) is 7.60. The first-order chi connectivity index (χ1) is 25.8. The van der Waals surface area contributed by atoms with E-state index in [1.165, 1.54) is 6.66 Å². The molecule has 4 heterocycles. The molecular formula is C42H34N5O5P. The number of para-hydroxylation sites is 2. The van der Waals surface area contributed by atoms with Crippen molar-refractivity contribution in [2.45, 2.75) is 0 Å². The molecule has 0 amide bonds. The second-order valence-electron chi connectivity index (χ2n) is 11.5. The van der Waals surface area contributed by atoms with Gasteiger partial charge in [-0.1, -0.05) is 97.1 Å². The van der Waals surface area contributed by atoms with E-state index < -0.39 is 13.6 Å². The van der Waals surface area contributed by atoms with E-state index in [0.29, 0.717) is 39.6 Å². The summed E-state index contributed by atoms with van der Waals surface area (Å²) in [6.45, 7) is 1.45. The maximum atomic E-state index is 12.1. The summed E-state index contributed by atoms with van der Waals surface area (Å²) in [6, 6.07) is 48.1. The maximum Gasteiger partial charge on any atom is 0.427 e. The summed E-state index contributed by atoms with van der Waals surface area (Å²) in [6.07, 6.45) is 3.33. The second-order valence-corrected chi connectivity index (χ2v) is 13.4. The van der Waals surface area contributed by atoms with Gasteiger partial charge in [0.2, 0.25) is 0 Å². The molecule has 0 aliphatic carbocycles. The number of benzene rings is 4. The molecule has 0 aliphatic rings. The summed E-state index contributed by atoms with van der Waals surface area (Å²) >= 11 is 0. The van der Waals surface area contributed by atoms with Crippen molar-refractivity contribution in [1.29, 1.82) is 0 Å². The van der Waals surface area contributed by atoms with Crippen LogP contribution in [0.1, 0.15) is 10.4 Å². The molecule has 3 N–H and O–H groups in total. The highest BCUT2D eigenvalue weighted by atomic mass is 31.2. The van der Waals surface area contributed by atoms with Gasteiger partial charge in [0.05, 0.1) is 23.6 Å². The number of nitrogens with zero attached hydrogens (tertiary/aromatic N) is 4. The average molecular weight is 720 g/mol. The molecule has 8 rings (SSSR count). The molecule has 0 saturated heterocycles. The highest BCUT2D eigenvalue weighted by Gasteiger charge is 2.20. The van der Waals surface area contributed by atoms with E-state index in [4.69, 9.17) is 14.8 Å². The number of pyridine rings is 4. The third kappa shape index (κ3) is 9.67. The number of nitrogen functional groups attached to an aromatic ring is 1. The van der Waals surface area contributed by atoms with Crippen molar-refractivity contribution in [3.05, 3.63) is 176 Å². The van der Waals surface area contributed by atoms with Crippen LogP contribution in [0.2, 0.25) is 0 Å². The van der Waals surface area contributed by atoms with E-state index in [-0.39, 0.29) is 5.56 Å². The van der Waals surface area contributed by atoms with E-state index in [9.17, 15) is 14.5 Å². The molecule has 262 valence electrons. The monoisotopic (exact) mass is 719 g/mol. The van der Waals surface area contributed by atoms with Crippen LogP contribution in [-0.2, 0) is 4.57 Å². The van der Waals surface area contributed by atoms with Crippen LogP contribution in [0.15, 0.2) is 170 Å². The van der Waals surface area contributed by atoms with Gasteiger partial charge >= 0.3 is 13.6 Å². The molecule has 0 fully saturated rings. The zero-order valence-electron chi connectivity index (χ0n) is 28.6. The van der Waals surface area contributed by atoms with E-state index in [1.807, 2.05) is 115 Å². The Balaban J connectivity index is 0.000000136. The smallest absolute Gasteiger partial charge is 0.427 e. The Morgan fingerprint density at radius 3 is 1.47 bits per heavy atom. The van der Waals surface area contributed by atoms with E-state index in [0.717, 1.165) is 22.2 Å². The minimum Gasteiger partial charge on any atom is -0.478 e. The van der Waals surface area contributed by atoms with Crippen LogP contribution in [-0.4, -0.2) is 37.7 Å². The quantitative estimate of drug-likeness (QED) is 0.152. The fourth-order valence-corrected chi connectivity index (χ4v) is 6.24. The van der Waals surface area contributed by atoms with Gasteiger partial charge in [-0.2, -0.15) is 0 Å². The fraction of sp³-hybridized carbons (Fsp3) is 0.0238. The Morgan fingerprint density at radius 1 is 0.585 bits per heavy atom. The summed E-state index contributed by atoms with van der Waals surface area (Å²) < 4.78 is 22.8. The SMILES string of the molecule is CP(=O)(Oc1ccccc1)Oc1ccccc1.Nc1cc(-c2ccccc2)nc2ncccc12.O=C(O)c1cc(-c2ccccc2)nc2ncccc12. The van der Waals surface area contributed by atoms with Crippen LogP contribution in [0.5, 0.6) is 11.5 Å². The number of hydrogen-bond donors (Lipinski definition) is 2. The number of carboxylic acids is 1. The lowest BCUT2D eigenvalue weighted by atomic mass is 10.1. The first kappa shape index (κ1) is 35.9. The molecule has 0 aliphatic heterocycles. The average Bonchev–Trinajstić information content (AvgIpc) is 3.19. The van der Waals surface area contributed by atoms with Crippen molar-refractivity contribution in [3.63, 3.8) is 0 Å². The van der Waals surface area contributed by atoms with Crippen molar-refractivity contribution >= 4 is 41.3 Å². The summed E-state index contributed by atoms with van der Waals surface area (Å²) in [5.74, 6) is 0.0983. The Morgan fingerprint density at radius 2 is 1.00 bits per heavy atom. The van der Waals surface area contributed by atoms with Crippen LogP contribution in [0.4, 0.5) is 5.69 Å². The van der Waals surface area contributed by atoms with Gasteiger partial charge < -0.3 is 19.9 Å². The molecule has 0 spiro atoms. The van der Waals surface area contributed by atoms with Gasteiger partial charge in [-0.3, -0.25) is 0 Å². The molecule has 0 radical (unpaired) electrons. The summed E-state index contributed by atoms with van der Waals surface area (Å²) in [5, 5.41) is 10.7. The fourth-order valence-electron chi connectivity index (χ4n) is 5.19. The molecule has 53 heavy (non-hydrogen) atoms. The van der Waals surface area contributed by atoms with Gasteiger partial charge in [-0.25, -0.2) is 29.3 Å². The number of aromatic carboxylic acids is 1. The predicted molar refractivity (Wildman–Crippen MR) is 209 cm³/mol. The topological polar surface area (TPSA) is 150 Å². The number of rotatable bonds is 7. The maximum absolute atomic E-state index is 12.1. The van der Waals surface area contributed by atoms with Crippen LogP contribution < -0.4 is 14.8 Å². The van der Waals surface area contributed by atoms with Gasteiger partial charge in [0, 0.05) is 40.0 Å². The van der Waals surface area contributed by atoms with Crippen molar-refractivity contribution in [2.75, 3.05) is 12.4 Å². The summed E-state index contributed by atoms with van der Waals surface area (Å²) in [4.78, 5) is 28.6. The first-order valence-corrected chi connectivity index (χ1v) is 18.4. The van der Waals surface area contributed by atoms with E-state index in [1.54, 1.807) is 54.9 Å². The van der Waals surface area contributed by atoms with Crippen LogP contribution in [0, 0.1) is 0 Å². The molecule has 0 unspecified atom stereocenters. The number of carboxylic acid groups (broad SMARTS) is 1. The number of aromatic nitrogens is 4. The highest BCUT2D eigenvalue weighted by Crippen LogP contribution is 2.44. The minimum absolute atomic E-state index is 0.219. The van der Waals surface area contributed by atoms with E-state index in [2.05, 4.69) is 19.9 Å². The highest BCUT2D eigenvalue weighted by molar-refractivity contribution is 7.53. The van der Waals surface area contributed by atoms with E-state index >= 15 is 0 Å². The Labute approximate surface area is 306 Å². The lowest BCUT2D eigenvalue weighted by Crippen LogP contribution is -2.01. The third-order valence-corrected chi connectivity index (χ3v) is 8.68. The van der Waals surface area contributed by atoms with Crippen molar-refractivity contribution < 1.29 is 23.5 Å². The van der Waals surface area contributed by atoms with Gasteiger partial charge in [0.25, 0.3) is 0 Å². The molecular weight excluding hydrogens is 685 g/mol. The molecule has 0 atom stereocenters. The normalized spacial score (nSPS) is 10.7. The zero-order valence-corrected chi connectivity index (χ0v) is 29.5. The second kappa shape index (κ2) is 16.9. The van der Waals surface area contributed by atoms with Crippen LogP contribution in [0.3, 0.4) is 0 Å². The number of fused-ring (bicyclic) bond motifs is 2. The van der Waals surface area contributed by atoms with Gasteiger partial charge in [0.15, 0.2) is 11.3 Å². The van der Waals surface area contributed by atoms with Gasteiger partial charge in [-0.05, 0) is 60.7 Å². The molecule has 4 aromatic heterocycles. The number of anilines is 1. The molecule has 11 heteroatoms. The summed E-state index contributed by atoms with van der Waals surface area (Å²) in [5.41, 5.74) is 11.5. The Hall–Kier alpha value is -6.90. The zero-order chi connectivity index (χ0) is 37.0. The largest absolute Gasteiger partial charge is 0.478 e. The van der Waals surface area contributed by atoms with Crippen molar-refractivity contribution in [3.8, 4) is 34.0 Å². The molecule has 0 bridgehead atoms. The molecule has 4 aromatic carbocycles. The minimum atomic E-state index is -3.14. The first-order valence-electron chi connectivity index (χ1n) is 16.4. The molecule has 8 aromatic rings. The lowest BCUT2D eigenvalue weighted by Gasteiger charge is -2.15. The number of nitrogens with two attached hydrogens (primary N) is 1. The van der Waals surface area contributed by atoms with Crippen LogP contribution in [0.25, 0.3) is 44.6 Å². The van der Waals surface area contributed by atoms with Crippen molar-refractivity contribution in [1.82, 2.24) is 19.9 Å².